The smallest absolute Gasteiger partial charge is 0.321 e. The molecule has 0 radical (unpaired) electrons. The fourth-order valence-electron chi connectivity index (χ4n) is 3.05. The first-order chi connectivity index (χ1) is 15.4. The van der Waals surface area contributed by atoms with E-state index in [1.807, 2.05) is 0 Å². The van der Waals surface area contributed by atoms with E-state index in [0.717, 1.165) is 18.2 Å². The van der Waals surface area contributed by atoms with Gasteiger partial charge in [0.15, 0.2) is 0 Å². The predicted molar refractivity (Wildman–Crippen MR) is 110 cm³/mol. The molecule has 0 atom stereocenters. The highest BCUT2D eigenvalue weighted by Crippen LogP contribution is 2.42. The average molecular weight is 466 g/mol. The summed E-state index contributed by atoms with van der Waals surface area (Å²) in [6.45, 7) is 1.32. The summed E-state index contributed by atoms with van der Waals surface area (Å²) in [6.07, 6.45) is -9.59. The van der Waals surface area contributed by atoms with Crippen molar-refractivity contribution in [3.63, 3.8) is 0 Å². The van der Waals surface area contributed by atoms with Gasteiger partial charge in [-0.2, -0.15) is 26.3 Å². The molecule has 0 unspecified atom stereocenters. The highest BCUT2D eigenvalue weighted by molar-refractivity contribution is 6.08. The number of carbonyl (C=O) groups is 2. The Balaban J connectivity index is 1.96. The lowest BCUT2D eigenvalue weighted by Crippen LogP contribution is -2.21. The first-order valence-electron chi connectivity index (χ1n) is 9.43. The molecule has 172 valence electrons. The van der Waals surface area contributed by atoms with Gasteiger partial charge in [0, 0.05) is 11.1 Å². The third-order valence-electron chi connectivity index (χ3n) is 4.69. The molecule has 2 amide bonds. The molecule has 0 aliphatic heterocycles. The van der Waals surface area contributed by atoms with Gasteiger partial charge in [0.05, 0.1) is 16.9 Å². The normalized spacial score (nSPS) is 11.7. The molecule has 0 saturated carbocycles. The zero-order valence-electron chi connectivity index (χ0n) is 16.9. The molecule has 0 saturated heterocycles. The van der Waals surface area contributed by atoms with E-state index in [-0.39, 0.29) is 16.7 Å². The van der Waals surface area contributed by atoms with Crippen LogP contribution < -0.4 is 10.6 Å². The van der Waals surface area contributed by atoms with Crippen molar-refractivity contribution in [2.45, 2.75) is 19.3 Å². The summed E-state index contributed by atoms with van der Waals surface area (Å²) in [5.41, 5.74) is -3.58. The van der Waals surface area contributed by atoms with Crippen LogP contribution in [0.25, 0.3) is 0 Å². The van der Waals surface area contributed by atoms with Crippen LogP contribution in [0.15, 0.2) is 66.7 Å². The van der Waals surface area contributed by atoms with Gasteiger partial charge in [0.25, 0.3) is 11.8 Å². The van der Waals surface area contributed by atoms with Crippen molar-refractivity contribution < 1.29 is 35.9 Å². The Hall–Kier alpha value is -3.82. The number of alkyl halides is 6. The molecule has 4 nitrogen and oxygen atoms in total. The van der Waals surface area contributed by atoms with E-state index in [2.05, 4.69) is 10.6 Å². The molecule has 0 aliphatic carbocycles. The second kappa shape index (κ2) is 8.97. The minimum absolute atomic E-state index is 0.0419. The van der Waals surface area contributed by atoms with Gasteiger partial charge in [-0.3, -0.25) is 9.59 Å². The van der Waals surface area contributed by atoms with Gasteiger partial charge in [0.1, 0.15) is 5.56 Å². The van der Waals surface area contributed by atoms with Gasteiger partial charge in [-0.05, 0) is 55.0 Å². The van der Waals surface area contributed by atoms with Crippen LogP contribution in [0.2, 0.25) is 0 Å². The molecule has 0 heterocycles. The molecule has 0 aliphatic rings. The molecular weight excluding hydrogens is 450 g/mol. The van der Waals surface area contributed by atoms with Gasteiger partial charge in [-0.15, -0.1) is 0 Å². The summed E-state index contributed by atoms with van der Waals surface area (Å²) >= 11 is 0. The topological polar surface area (TPSA) is 58.2 Å². The van der Waals surface area contributed by atoms with E-state index < -0.39 is 46.7 Å². The maximum atomic E-state index is 14.0. The largest absolute Gasteiger partial charge is 0.420 e. The van der Waals surface area contributed by atoms with Crippen LogP contribution in [0.4, 0.5) is 37.7 Å². The Morgan fingerprint density at radius 3 is 1.76 bits per heavy atom. The lowest BCUT2D eigenvalue weighted by molar-refractivity contribution is -0.138. The summed E-state index contributed by atoms with van der Waals surface area (Å²) in [5, 5.41) is 4.32. The molecule has 3 aromatic rings. The lowest BCUT2D eigenvalue weighted by atomic mass is 10.0. The number of aryl methyl sites for hydroxylation is 1. The standard InChI is InChI=1S/C23H16F6N2O2/c1-13-7-12-17(30-20(32)14-5-3-2-4-6-14)18(23(27,28)29)19(13)31-21(33)15-8-10-16(11-9-15)22(24,25)26/h2-12H,1H3,(H,30,32)(H,31,33). The zero-order valence-corrected chi connectivity index (χ0v) is 16.9. The minimum atomic E-state index is -4.96. The highest BCUT2D eigenvalue weighted by atomic mass is 19.4. The van der Waals surface area contributed by atoms with Crippen LogP contribution in [0.5, 0.6) is 0 Å². The number of carbonyl (C=O) groups excluding carboxylic acids is 2. The number of hydrogen-bond donors (Lipinski definition) is 2. The van der Waals surface area contributed by atoms with Crippen molar-refractivity contribution >= 4 is 23.2 Å². The Labute approximate surface area is 184 Å². The number of amides is 2. The van der Waals surface area contributed by atoms with Crippen molar-refractivity contribution in [2.75, 3.05) is 10.6 Å². The van der Waals surface area contributed by atoms with E-state index >= 15 is 0 Å². The molecule has 33 heavy (non-hydrogen) atoms. The van der Waals surface area contributed by atoms with Gasteiger partial charge in [-0.25, -0.2) is 0 Å². The molecule has 0 bridgehead atoms. The first kappa shape index (κ1) is 23.8. The highest BCUT2D eigenvalue weighted by Gasteiger charge is 2.38. The maximum absolute atomic E-state index is 14.0. The van der Waals surface area contributed by atoms with E-state index in [9.17, 15) is 35.9 Å². The maximum Gasteiger partial charge on any atom is 0.420 e. The number of nitrogens with one attached hydrogen (secondary N) is 2. The van der Waals surface area contributed by atoms with Crippen molar-refractivity contribution in [1.82, 2.24) is 0 Å². The summed E-state index contributed by atoms with van der Waals surface area (Å²) in [4.78, 5) is 24.9. The fraction of sp³-hybridized carbons (Fsp3) is 0.130. The molecule has 2 N–H and O–H groups in total. The van der Waals surface area contributed by atoms with Crippen LogP contribution in [-0.4, -0.2) is 11.8 Å². The van der Waals surface area contributed by atoms with Crippen molar-refractivity contribution in [1.29, 1.82) is 0 Å². The van der Waals surface area contributed by atoms with E-state index in [1.54, 1.807) is 18.2 Å². The fourth-order valence-corrected chi connectivity index (χ4v) is 3.05. The number of rotatable bonds is 4. The second-order valence-electron chi connectivity index (χ2n) is 7.03. The summed E-state index contributed by atoms with van der Waals surface area (Å²) in [7, 11) is 0. The van der Waals surface area contributed by atoms with Crippen LogP contribution >= 0.6 is 0 Å². The summed E-state index contributed by atoms with van der Waals surface area (Å²) < 4.78 is 80.0. The van der Waals surface area contributed by atoms with E-state index in [0.29, 0.717) is 12.1 Å². The number of anilines is 2. The van der Waals surface area contributed by atoms with Gasteiger partial charge >= 0.3 is 12.4 Å². The van der Waals surface area contributed by atoms with Crippen molar-refractivity contribution in [3.05, 3.63) is 94.5 Å². The number of hydrogen-bond acceptors (Lipinski definition) is 2. The molecule has 3 rings (SSSR count). The average Bonchev–Trinajstić information content (AvgIpc) is 2.75. The molecule has 0 spiro atoms. The van der Waals surface area contributed by atoms with Gasteiger partial charge in [-0.1, -0.05) is 24.3 Å². The molecule has 0 fully saturated rings. The Morgan fingerprint density at radius 2 is 1.21 bits per heavy atom. The van der Waals surface area contributed by atoms with Crippen LogP contribution in [0.3, 0.4) is 0 Å². The monoisotopic (exact) mass is 466 g/mol. The summed E-state index contributed by atoms with van der Waals surface area (Å²) in [6, 6.07) is 12.9. The second-order valence-corrected chi connectivity index (χ2v) is 7.03. The van der Waals surface area contributed by atoms with Gasteiger partial charge in [0.2, 0.25) is 0 Å². The van der Waals surface area contributed by atoms with Crippen LogP contribution in [-0.2, 0) is 12.4 Å². The van der Waals surface area contributed by atoms with Crippen LogP contribution in [0, 0.1) is 6.92 Å². The van der Waals surface area contributed by atoms with Crippen molar-refractivity contribution in [2.24, 2.45) is 0 Å². The predicted octanol–water partition coefficient (Wildman–Crippen LogP) is 6.54. The SMILES string of the molecule is Cc1ccc(NC(=O)c2ccccc2)c(C(F)(F)F)c1NC(=O)c1ccc(C(F)(F)F)cc1. The zero-order chi connectivity index (χ0) is 24.4. The third kappa shape index (κ3) is 5.51. The molecule has 10 heteroatoms. The molecule has 0 aromatic heterocycles. The van der Waals surface area contributed by atoms with Crippen LogP contribution in [0.1, 0.15) is 37.4 Å². The van der Waals surface area contributed by atoms with E-state index in [4.69, 9.17) is 0 Å². The molecular formula is C23H16F6N2O2. The third-order valence-corrected chi connectivity index (χ3v) is 4.69. The van der Waals surface area contributed by atoms with E-state index in [1.165, 1.54) is 25.1 Å². The lowest BCUT2D eigenvalue weighted by Gasteiger charge is -2.20. The minimum Gasteiger partial charge on any atom is -0.321 e. The Morgan fingerprint density at radius 1 is 0.667 bits per heavy atom. The van der Waals surface area contributed by atoms with Crippen molar-refractivity contribution in [3.8, 4) is 0 Å². The Bertz CT molecular complexity index is 1170. The Kier molecular flexibility index (Phi) is 6.48. The summed E-state index contributed by atoms with van der Waals surface area (Å²) in [5.74, 6) is -1.83. The quantitative estimate of drug-likeness (QED) is 0.429. The molecule has 3 aromatic carbocycles. The number of benzene rings is 3. The number of halogens is 6. The first-order valence-corrected chi connectivity index (χ1v) is 9.43. The van der Waals surface area contributed by atoms with Gasteiger partial charge < -0.3 is 10.6 Å².